The number of ether oxygens (including phenoxy) is 1. The highest BCUT2D eigenvalue weighted by Crippen LogP contribution is 2.36. The summed E-state index contributed by atoms with van der Waals surface area (Å²) >= 11 is 1.19. The fourth-order valence-electron chi connectivity index (χ4n) is 3.86. The molecular weight excluding hydrogens is 440 g/mol. The van der Waals surface area contributed by atoms with E-state index in [0.29, 0.717) is 10.6 Å². The van der Waals surface area contributed by atoms with Gasteiger partial charge >= 0.3 is 5.97 Å². The first-order chi connectivity index (χ1) is 16.0. The van der Waals surface area contributed by atoms with Gasteiger partial charge in [0, 0.05) is 10.9 Å². The third kappa shape index (κ3) is 4.05. The fraction of sp³-hybridized carbons (Fsp3) is 0.200. The molecule has 0 fully saturated rings. The molecule has 0 bridgehead atoms. The van der Waals surface area contributed by atoms with Crippen LogP contribution in [0.3, 0.4) is 0 Å². The second-order valence-corrected chi connectivity index (χ2v) is 8.26. The van der Waals surface area contributed by atoms with Gasteiger partial charge in [-0.25, -0.2) is 4.79 Å². The molecule has 1 atom stereocenters. The number of carbonyl (C=O) groups is 4. The van der Waals surface area contributed by atoms with E-state index < -0.39 is 29.7 Å². The minimum Gasteiger partial charge on any atom is -0.462 e. The molecule has 7 nitrogen and oxygen atoms in total. The monoisotopic (exact) mass is 462 g/mol. The summed E-state index contributed by atoms with van der Waals surface area (Å²) in [5.41, 5.74) is 2.26. The maximum Gasteiger partial charge on any atom is 0.341 e. The number of fused-ring (bicyclic) bond motifs is 1. The molecule has 1 aromatic heterocycles. The van der Waals surface area contributed by atoms with Crippen LogP contribution in [0.5, 0.6) is 0 Å². The van der Waals surface area contributed by atoms with Gasteiger partial charge in [0.25, 0.3) is 11.8 Å². The molecular formula is C25H22N2O5S. The molecule has 0 aliphatic carbocycles. The van der Waals surface area contributed by atoms with Crippen LogP contribution in [0, 0.1) is 0 Å². The highest BCUT2D eigenvalue weighted by atomic mass is 32.1. The van der Waals surface area contributed by atoms with Crippen molar-refractivity contribution in [2.75, 3.05) is 11.9 Å². The van der Waals surface area contributed by atoms with Crippen molar-refractivity contribution >= 4 is 40.0 Å². The normalized spacial score (nSPS) is 13.6. The molecule has 3 aromatic rings. The van der Waals surface area contributed by atoms with Crippen molar-refractivity contribution in [2.45, 2.75) is 26.3 Å². The predicted octanol–water partition coefficient (Wildman–Crippen LogP) is 4.61. The summed E-state index contributed by atoms with van der Waals surface area (Å²) in [5.74, 6) is -2.10. The van der Waals surface area contributed by atoms with E-state index in [1.807, 2.05) is 30.3 Å². The fourth-order valence-corrected chi connectivity index (χ4v) is 4.82. The van der Waals surface area contributed by atoms with Crippen LogP contribution < -0.4 is 5.32 Å². The summed E-state index contributed by atoms with van der Waals surface area (Å²) in [6.45, 7) is 3.62. The Hall–Kier alpha value is -3.78. The number of rotatable bonds is 7. The van der Waals surface area contributed by atoms with Crippen LogP contribution in [0.2, 0.25) is 0 Å². The van der Waals surface area contributed by atoms with Crippen LogP contribution in [0.15, 0.2) is 60.0 Å². The number of carbonyl (C=O) groups excluding carboxylic acids is 4. The molecule has 4 rings (SSSR count). The molecule has 0 radical (unpaired) electrons. The Morgan fingerprint density at radius 2 is 1.55 bits per heavy atom. The maximum atomic E-state index is 13.2. The number of amides is 3. The standard InChI is InChI=1S/C25H22N2O5S/c1-3-19(27-23(29)16-12-8-9-13-17(16)24(27)30)21(28)26-22-20(25(31)32-4-2)18(14-33-22)15-10-6-5-7-11-15/h5-14,19H,3-4H2,1-2H3,(H,26,28). The van der Waals surface area contributed by atoms with Gasteiger partial charge in [0.2, 0.25) is 5.91 Å². The molecule has 8 heteroatoms. The second-order valence-electron chi connectivity index (χ2n) is 7.38. The lowest BCUT2D eigenvalue weighted by atomic mass is 10.0. The third-order valence-electron chi connectivity index (χ3n) is 5.42. The topological polar surface area (TPSA) is 92.8 Å². The van der Waals surface area contributed by atoms with Crippen molar-refractivity contribution in [3.05, 3.63) is 76.7 Å². The van der Waals surface area contributed by atoms with Crippen LogP contribution in [0.4, 0.5) is 5.00 Å². The van der Waals surface area contributed by atoms with Gasteiger partial charge < -0.3 is 10.1 Å². The van der Waals surface area contributed by atoms with E-state index in [4.69, 9.17) is 4.74 Å². The van der Waals surface area contributed by atoms with E-state index in [0.717, 1.165) is 10.5 Å². The van der Waals surface area contributed by atoms with E-state index in [9.17, 15) is 19.2 Å². The lowest BCUT2D eigenvalue weighted by Crippen LogP contribution is -2.46. The average Bonchev–Trinajstić information content (AvgIpc) is 3.35. The zero-order valence-corrected chi connectivity index (χ0v) is 19.0. The number of imide groups is 1. The quantitative estimate of drug-likeness (QED) is 0.409. The number of anilines is 1. The molecule has 2 aromatic carbocycles. The molecule has 0 saturated heterocycles. The number of hydrogen-bond donors (Lipinski definition) is 1. The van der Waals surface area contributed by atoms with Crippen molar-refractivity contribution in [3.8, 4) is 11.1 Å². The first-order valence-corrected chi connectivity index (χ1v) is 11.5. The summed E-state index contributed by atoms with van der Waals surface area (Å²) in [6, 6.07) is 14.8. The van der Waals surface area contributed by atoms with Gasteiger partial charge in [-0.3, -0.25) is 19.3 Å². The predicted molar refractivity (Wildman–Crippen MR) is 125 cm³/mol. The Bertz CT molecular complexity index is 1200. The second kappa shape index (κ2) is 9.38. The number of thiophene rings is 1. The van der Waals surface area contributed by atoms with Crippen molar-refractivity contribution in [1.82, 2.24) is 4.90 Å². The van der Waals surface area contributed by atoms with Crippen molar-refractivity contribution in [3.63, 3.8) is 0 Å². The smallest absolute Gasteiger partial charge is 0.341 e. The summed E-state index contributed by atoms with van der Waals surface area (Å²) in [4.78, 5) is 52.7. The molecule has 1 N–H and O–H groups in total. The van der Waals surface area contributed by atoms with Crippen molar-refractivity contribution in [1.29, 1.82) is 0 Å². The number of hydrogen-bond acceptors (Lipinski definition) is 6. The van der Waals surface area contributed by atoms with Gasteiger partial charge in [-0.05, 0) is 31.0 Å². The van der Waals surface area contributed by atoms with E-state index in [1.165, 1.54) is 11.3 Å². The molecule has 1 unspecified atom stereocenters. The van der Waals surface area contributed by atoms with Crippen LogP contribution in [0.1, 0.15) is 51.3 Å². The molecule has 0 saturated carbocycles. The van der Waals surface area contributed by atoms with Gasteiger partial charge in [0.15, 0.2) is 0 Å². The SMILES string of the molecule is CCOC(=O)c1c(-c2ccccc2)csc1NC(=O)C(CC)N1C(=O)c2ccccc2C1=O. The number of nitrogens with zero attached hydrogens (tertiary/aromatic N) is 1. The molecule has 33 heavy (non-hydrogen) atoms. The van der Waals surface area contributed by atoms with Crippen LogP contribution in [-0.2, 0) is 9.53 Å². The zero-order chi connectivity index (χ0) is 23.5. The molecule has 0 spiro atoms. The highest BCUT2D eigenvalue weighted by Gasteiger charge is 2.42. The van der Waals surface area contributed by atoms with E-state index in [1.54, 1.807) is 43.5 Å². The summed E-state index contributed by atoms with van der Waals surface area (Å²) in [6.07, 6.45) is 0.225. The summed E-state index contributed by atoms with van der Waals surface area (Å²) in [7, 11) is 0. The average molecular weight is 463 g/mol. The molecule has 1 aliphatic rings. The van der Waals surface area contributed by atoms with E-state index in [2.05, 4.69) is 5.32 Å². The zero-order valence-electron chi connectivity index (χ0n) is 18.2. The third-order valence-corrected chi connectivity index (χ3v) is 6.31. The van der Waals surface area contributed by atoms with Crippen molar-refractivity contribution < 1.29 is 23.9 Å². The Morgan fingerprint density at radius 3 is 2.12 bits per heavy atom. The molecule has 3 amide bonds. The maximum absolute atomic E-state index is 13.2. The summed E-state index contributed by atoms with van der Waals surface area (Å²) < 4.78 is 5.23. The lowest BCUT2D eigenvalue weighted by Gasteiger charge is -2.24. The Morgan fingerprint density at radius 1 is 0.939 bits per heavy atom. The van der Waals surface area contributed by atoms with Crippen LogP contribution in [-0.4, -0.2) is 41.2 Å². The number of benzene rings is 2. The first kappa shape index (κ1) is 22.4. The van der Waals surface area contributed by atoms with Gasteiger partial charge in [0.05, 0.1) is 17.7 Å². The van der Waals surface area contributed by atoms with Crippen LogP contribution in [0.25, 0.3) is 11.1 Å². The Labute approximate surface area is 195 Å². The minimum absolute atomic E-state index is 0.183. The van der Waals surface area contributed by atoms with Gasteiger partial charge in [-0.15, -0.1) is 11.3 Å². The van der Waals surface area contributed by atoms with E-state index in [-0.39, 0.29) is 29.7 Å². The van der Waals surface area contributed by atoms with E-state index >= 15 is 0 Å². The largest absolute Gasteiger partial charge is 0.462 e. The number of esters is 1. The first-order valence-electron chi connectivity index (χ1n) is 10.6. The van der Waals surface area contributed by atoms with Gasteiger partial charge in [0.1, 0.15) is 16.6 Å². The summed E-state index contributed by atoms with van der Waals surface area (Å²) in [5, 5.41) is 4.86. The minimum atomic E-state index is -1.02. The number of nitrogens with one attached hydrogen (secondary N) is 1. The van der Waals surface area contributed by atoms with Crippen molar-refractivity contribution in [2.24, 2.45) is 0 Å². The van der Waals surface area contributed by atoms with Gasteiger partial charge in [-0.1, -0.05) is 49.4 Å². The Balaban J connectivity index is 1.65. The van der Waals surface area contributed by atoms with Gasteiger partial charge in [-0.2, -0.15) is 0 Å². The molecule has 168 valence electrons. The molecule has 2 heterocycles. The van der Waals surface area contributed by atoms with Crippen LogP contribution >= 0.6 is 11.3 Å². The lowest BCUT2D eigenvalue weighted by molar-refractivity contribution is -0.120. The molecule has 1 aliphatic heterocycles. The Kier molecular flexibility index (Phi) is 6.37. The highest BCUT2D eigenvalue weighted by molar-refractivity contribution is 7.15.